The number of hydrogen-bond donors (Lipinski definition) is 0. The second-order valence-electron chi connectivity index (χ2n) is 3.54. The summed E-state index contributed by atoms with van der Waals surface area (Å²) in [6.07, 6.45) is -3.03. The van der Waals surface area contributed by atoms with Crippen LogP contribution in [0.2, 0.25) is 0 Å². The SMILES string of the molecule is CCSc1cn(-c2ccccc2)c(C(F)(F)F)n1. The van der Waals surface area contributed by atoms with Crippen LogP contribution in [-0.4, -0.2) is 15.3 Å². The lowest BCUT2D eigenvalue weighted by Crippen LogP contribution is -2.13. The number of benzene rings is 1. The molecule has 6 heteroatoms. The fourth-order valence-corrected chi connectivity index (χ4v) is 2.19. The van der Waals surface area contributed by atoms with Crippen LogP contribution in [-0.2, 0) is 6.18 Å². The van der Waals surface area contributed by atoms with Crippen molar-refractivity contribution >= 4 is 11.8 Å². The summed E-state index contributed by atoms with van der Waals surface area (Å²) >= 11 is 1.29. The average molecular weight is 272 g/mol. The van der Waals surface area contributed by atoms with Gasteiger partial charge < -0.3 is 0 Å². The Hall–Kier alpha value is -1.43. The van der Waals surface area contributed by atoms with E-state index in [0.717, 1.165) is 4.57 Å². The number of aromatic nitrogens is 2. The Balaban J connectivity index is 2.51. The van der Waals surface area contributed by atoms with E-state index in [1.807, 2.05) is 6.92 Å². The molecule has 0 spiro atoms. The molecule has 0 fully saturated rings. The summed E-state index contributed by atoms with van der Waals surface area (Å²) in [5.74, 6) is -0.201. The maximum absolute atomic E-state index is 12.9. The summed E-state index contributed by atoms with van der Waals surface area (Å²) in [7, 11) is 0. The topological polar surface area (TPSA) is 17.8 Å². The zero-order chi connectivity index (χ0) is 13.2. The number of nitrogens with zero attached hydrogens (tertiary/aromatic N) is 2. The van der Waals surface area contributed by atoms with Gasteiger partial charge in [-0.05, 0) is 17.9 Å². The van der Waals surface area contributed by atoms with Crippen molar-refractivity contribution in [2.24, 2.45) is 0 Å². The van der Waals surface area contributed by atoms with Crippen LogP contribution in [0.1, 0.15) is 12.7 Å². The van der Waals surface area contributed by atoms with E-state index in [2.05, 4.69) is 4.98 Å². The first-order valence-corrected chi connectivity index (χ1v) is 6.35. The predicted molar refractivity (Wildman–Crippen MR) is 65.0 cm³/mol. The van der Waals surface area contributed by atoms with Gasteiger partial charge in [0.25, 0.3) is 0 Å². The van der Waals surface area contributed by atoms with Gasteiger partial charge in [-0.25, -0.2) is 4.98 Å². The maximum Gasteiger partial charge on any atom is 0.450 e. The molecule has 0 aliphatic carbocycles. The van der Waals surface area contributed by atoms with Gasteiger partial charge in [-0.15, -0.1) is 11.8 Å². The van der Waals surface area contributed by atoms with E-state index < -0.39 is 12.0 Å². The lowest BCUT2D eigenvalue weighted by molar-refractivity contribution is -0.146. The van der Waals surface area contributed by atoms with Crippen LogP contribution in [0.15, 0.2) is 41.6 Å². The molecule has 0 aliphatic heterocycles. The highest BCUT2D eigenvalue weighted by molar-refractivity contribution is 7.99. The summed E-state index contributed by atoms with van der Waals surface area (Å²) in [5, 5.41) is 0.383. The third kappa shape index (κ3) is 2.69. The second kappa shape index (κ2) is 5.06. The molecule has 0 radical (unpaired) electrons. The van der Waals surface area contributed by atoms with Gasteiger partial charge >= 0.3 is 6.18 Å². The Bertz CT molecular complexity index is 520. The van der Waals surface area contributed by atoms with E-state index in [0.29, 0.717) is 16.5 Å². The largest absolute Gasteiger partial charge is 0.450 e. The van der Waals surface area contributed by atoms with Gasteiger partial charge in [-0.1, -0.05) is 25.1 Å². The van der Waals surface area contributed by atoms with Gasteiger partial charge in [0.2, 0.25) is 5.82 Å². The third-order valence-electron chi connectivity index (χ3n) is 2.26. The Labute approximate surface area is 107 Å². The zero-order valence-corrected chi connectivity index (χ0v) is 10.4. The molecule has 1 aromatic heterocycles. The van der Waals surface area contributed by atoms with Crippen molar-refractivity contribution < 1.29 is 13.2 Å². The fourth-order valence-electron chi connectivity index (χ4n) is 1.56. The van der Waals surface area contributed by atoms with E-state index in [-0.39, 0.29) is 0 Å². The Morgan fingerprint density at radius 3 is 2.44 bits per heavy atom. The minimum Gasteiger partial charge on any atom is -0.295 e. The van der Waals surface area contributed by atoms with Crippen molar-refractivity contribution in [1.29, 1.82) is 0 Å². The average Bonchev–Trinajstić information content (AvgIpc) is 2.75. The maximum atomic E-state index is 12.9. The number of thioether (sulfide) groups is 1. The summed E-state index contributed by atoms with van der Waals surface area (Å²) in [4.78, 5) is 3.65. The molecular weight excluding hydrogens is 261 g/mol. The van der Waals surface area contributed by atoms with Crippen molar-refractivity contribution in [2.75, 3.05) is 5.75 Å². The number of halogens is 3. The lowest BCUT2D eigenvalue weighted by atomic mass is 10.3. The summed E-state index contributed by atoms with van der Waals surface area (Å²) in [6.45, 7) is 1.87. The molecule has 0 unspecified atom stereocenters. The molecule has 2 rings (SSSR count). The minimum atomic E-state index is -4.46. The Morgan fingerprint density at radius 2 is 1.89 bits per heavy atom. The van der Waals surface area contributed by atoms with Crippen LogP contribution >= 0.6 is 11.8 Å². The third-order valence-corrected chi connectivity index (χ3v) is 3.05. The molecule has 1 heterocycles. The minimum absolute atomic E-state index is 0.383. The molecule has 0 bridgehead atoms. The molecule has 0 atom stereocenters. The number of imidazole rings is 1. The van der Waals surface area contributed by atoms with E-state index in [4.69, 9.17) is 0 Å². The summed E-state index contributed by atoms with van der Waals surface area (Å²) in [5.41, 5.74) is 0.459. The van der Waals surface area contributed by atoms with E-state index >= 15 is 0 Å². The highest BCUT2D eigenvalue weighted by Gasteiger charge is 2.37. The van der Waals surface area contributed by atoms with Crippen molar-refractivity contribution in [3.8, 4) is 5.69 Å². The van der Waals surface area contributed by atoms with E-state index in [9.17, 15) is 13.2 Å². The van der Waals surface area contributed by atoms with Crippen LogP contribution in [0.25, 0.3) is 5.69 Å². The normalized spacial score (nSPS) is 11.8. The number of alkyl halides is 3. The molecule has 0 saturated heterocycles. The van der Waals surface area contributed by atoms with Crippen LogP contribution in [0.4, 0.5) is 13.2 Å². The van der Waals surface area contributed by atoms with Crippen LogP contribution in [0, 0.1) is 0 Å². The standard InChI is InChI=1S/C12H11F3N2S/c1-2-18-10-8-17(9-6-4-3-5-7-9)11(16-10)12(13,14)15/h3-8H,2H2,1H3. The monoisotopic (exact) mass is 272 g/mol. The molecule has 96 valence electrons. The van der Waals surface area contributed by atoms with Gasteiger partial charge in [0.15, 0.2) is 0 Å². The predicted octanol–water partition coefficient (Wildman–Crippen LogP) is 4.00. The molecule has 0 amide bonds. The van der Waals surface area contributed by atoms with Crippen molar-refractivity contribution in [2.45, 2.75) is 18.1 Å². The number of rotatable bonds is 3. The lowest BCUT2D eigenvalue weighted by Gasteiger charge is -2.09. The molecule has 0 saturated carbocycles. The molecule has 2 nitrogen and oxygen atoms in total. The van der Waals surface area contributed by atoms with Crippen LogP contribution in [0.3, 0.4) is 0 Å². The molecule has 0 N–H and O–H groups in total. The van der Waals surface area contributed by atoms with E-state index in [1.54, 1.807) is 30.3 Å². The highest BCUT2D eigenvalue weighted by atomic mass is 32.2. The van der Waals surface area contributed by atoms with Crippen LogP contribution in [0.5, 0.6) is 0 Å². The van der Waals surface area contributed by atoms with Gasteiger partial charge in [0, 0.05) is 11.9 Å². The first-order valence-electron chi connectivity index (χ1n) is 5.37. The second-order valence-corrected chi connectivity index (χ2v) is 4.82. The Morgan fingerprint density at radius 1 is 1.22 bits per heavy atom. The quantitative estimate of drug-likeness (QED) is 0.786. The van der Waals surface area contributed by atoms with Crippen LogP contribution < -0.4 is 0 Å². The van der Waals surface area contributed by atoms with Crippen molar-refractivity contribution in [3.05, 3.63) is 42.4 Å². The van der Waals surface area contributed by atoms with Gasteiger partial charge in [-0.2, -0.15) is 13.2 Å². The van der Waals surface area contributed by atoms with Gasteiger partial charge in [-0.3, -0.25) is 4.57 Å². The summed E-state index contributed by atoms with van der Waals surface area (Å²) < 4.78 is 39.8. The molecule has 1 aromatic carbocycles. The number of hydrogen-bond acceptors (Lipinski definition) is 2. The summed E-state index contributed by atoms with van der Waals surface area (Å²) in [6, 6.07) is 8.40. The molecule has 0 aliphatic rings. The molecule has 2 aromatic rings. The molecule has 18 heavy (non-hydrogen) atoms. The van der Waals surface area contributed by atoms with Crippen molar-refractivity contribution in [3.63, 3.8) is 0 Å². The highest BCUT2D eigenvalue weighted by Crippen LogP contribution is 2.32. The first kappa shape index (κ1) is 13.0. The van der Waals surface area contributed by atoms with Gasteiger partial charge in [0.05, 0.1) is 0 Å². The van der Waals surface area contributed by atoms with Crippen molar-refractivity contribution in [1.82, 2.24) is 9.55 Å². The van der Waals surface area contributed by atoms with Gasteiger partial charge in [0.1, 0.15) is 5.03 Å². The smallest absolute Gasteiger partial charge is 0.295 e. The Kier molecular flexibility index (Phi) is 3.65. The zero-order valence-electron chi connectivity index (χ0n) is 9.61. The van der Waals surface area contributed by atoms with E-state index in [1.165, 1.54) is 18.0 Å². The molecular formula is C12H11F3N2S. The first-order chi connectivity index (χ1) is 8.52. The number of para-hydroxylation sites is 1. The fraction of sp³-hybridized carbons (Fsp3) is 0.250.